The largest absolute Gasteiger partial charge is 0.305 e. The zero-order valence-electron chi connectivity index (χ0n) is 14.1. The molecule has 2 aromatic heterocycles. The Hall–Kier alpha value is -1.75. The van der Waals surface area contributed by atoms with Crippen LogP contribution in [0.2, 0.25) is 0 Å². The molecule has 0 saturated carbocycles. The van der Waals surface area contributed by atoms with E-state index in [1.807, 2.05) is 30.9 Å². The zero-order valence-corrected chi connectivity index (χ0v) is 14.1. The minimum atomic E-state index is 0.261. The van der Waals surface area contributed by atoms with Crippen LogP contribution >= 0.6 is 0 Å². The Labute approximate surface area is 132 Å². The Morgan fingerprint density at radius 2 is 2.18 bits per heavy atom. The summed E-state index contributed by atoms with van der Waals surface area (Å²) in [6.07, 6.45) is 3.98. The topological polar surface area (TPSA) is 55.6 Å². The molecule has 0 aromatic carbocycles. The van der Waals surface area contributed by atoms with Crippen LogP contribution in [0.4, 0.5) is 0 Å². The summed E-state index contributed by atoms with van der Waals surface area (Å²) >= 11 is 0. The number of aryl methyl sites for hydroxylation is 2. The van der Waals surface area contributed by atoms with Crippen molar-refractivity contribution in [3.05, 3.63) is 29.3 Å². The summed E-state index contributed by atoms with van der Waals surface area (Å²) in [5, 5.41) is 8.03. The molecule has 5 nitrogen and oxygen atoms in total. The molecular weight excluding hydrogens is 274 g/mol. The van der Waals surface area contributed by atoms with Gasteiger partial charge in [0, 0.05) is 30.9 Å². The van der Waals surface area contributed by atoms with Gasteiger partial charge in [-0.05, 0) is 32.3 Å². The molecule has 3 atom stereocenters. The first-order chi connectivity index (χ1) is 10.5. The van der Waals surface area contributed by atoms with Crippen molar-refractivity contribution in [3.63, 3.8) is 0 Å². The van der Waals surface area contributed by atoms with Gasteiger partial charge in [0.15, 0.2) is 0 Å². The van der Waals surface area contributed by atoms with Gasteiger partial charge in [-0.2, -0.15) is 5.10 Å². The maximum absolute atomic E-state index is 4.74. The molecule has 1 aliphatic heterocycles. The van der Waals surface area contributed by atoms with Crippen LogP contribution in [-0.4, -0.2) is 25.8 Å². The van der Waals surface area contributed by atoms with Gasteiger partial charge in [-0.15, -0.1) is 0 Å². The van der Waals surface area contributed by atoms with Crippen molar-refractivity contribution in [1.29, 1.82) is 0 Å². The van der Waals surface area contributed by atoms with E-state index in [9.17, 15) is 0 Å². The predicted octanol–water partition coefficient (Wildman–Crippen LogP) is 2.81. The third-order valence-corrected chi connectivity index (χ3v) is 4.84. The zero-order chi connectivity index (χ0) is 15.9. The highest BCUT2D eigenvalue weighted by molar-refractivity contribution is 5.61. The van der Waals surface area contributed by atoms with E-state index in [1.165, 1.54) is 12.0 Å². The second kappa shape index (κ2) is 5.80. The summed E-state index contributed by atoms with van der Waals surface area (Å²) < 4.78 is 1.90. The van der Waals surface area contributed by atoms with E-state index in [2.05, 4.69) is 31.2 Å². The molecule has 5 heteroatoms. The van der Waals surface area contributed by atoms with Crippen LogP contribution in [0.1, 0.15) is 50.3 Å². The van der Waals surface area contributed by atoms with E-state index in [1.54, 1.807) is 0 Å². The number of fused-ring (bicyclic) bond motifs is 1. The van der Waals surface area contributed by atoms with Crippen molar-refractivity contribution in [2.45, 2.75) is 52.6 Å². The summed E-state index contributed by atoms with van der Waals surface area (Å²) in [5.41, 5.74) is 4.54. The smallest absolute Gasteiger partial charge is 0.126 e. The van der Waals surface area contributed by atoms with Gasteiger partial charge in [-0.3, -0.25) is 4.68 Å². The van der Waals surface area contributed by atoms with Gasteiger partial charge in [0.1, 0.15) is 5.82 Å². The molecule has 0 radical (unpaired) electrons. The molecule has 2 aromatic rings. The lowest BCUT2D eigenvalue weighted by Gasteiger charge is -2.34. The first-order valence-electron chi connectivity index (χ1n) is 8.13. The standard InChI is InChI=1S/C17H25N5/c1-6-10(2)14-9-13-16(11(3)19-14)20-12(4)21-17(13)15-7-8-18-22(15)5/h7-8,10-11,14,19H,6,9H2,1-5H3. The Kier molecular flexibility index (Phi) is 4.00. The molecule has 3 rings (SSSR count). The maximum atomic E-state index is 4.74. The monoisotopic (exact) mass is 299 g/mol. The highest BCUT2D eigenvalue weighted by Gasteiger charge is 2.31. The summed E-state index contributed by atoms with van der Waals surface area (Å²) in [7, 11) is 1.97. The van der Waals surface area contributed by atoms with Crippen LogP contribution in [0.25, 0.3) is 11.4 Å². The van der Waals surface area contributed by atoms with Crippen molar-refractivity contribution < 1.29 is 0 Å². The number of rotatable bonds is 3. The fourth-order valence-corrected chi connectivity index (χ4v) is 3.32. The molecule has 0 fully saturated rings. The number of aromatic nitrogens is 4. The minimum absolute atomic E-state index is 0.261. The summed E-state index contributed by atoms with van der Waals surface area (Å²) in [5.74, 6) is 1.46. The quantitative estimate of drug-likeness (QED) is 0.947. The van der Waals surface area contributed by atoms with Gasteiger partial charge in [-0.25, -0.2) is 9.97 Å². The third kappa shape index (κ3) is 2.54. The number of hydrogen-bond acceptors (Lipinski definition) is 4. The second-order valence-corrected chi connectivity index (χ2v) is 6.41. The average molecular weight is 299 g/mol. The Bertz CT molecular complexity index is 676. The van der Waals surface area contributed by atoms with Crippen LogP contribution in [0.5, 0.6) is 0 Å². The fraction of sp³-hybridized carbons (Fsp3) is 0.588. The maximum Gasteiger partial charge on any atom is 0.126 e. The van der Waals surface area contributed by atoms with Crippen molar-refractivity contribution >= 4 is 0 Å². The first kappa shape index (κ1) is 15.2. The average Bonchev–Trinajstić information content (AvgIpc) is 2.92. The fourth-order valence-electron chi connectivity index (χ4n) is 3.32. The molecular formula is C17H25N5. The SMILES string of the molecule is CCC(C)C1Cc2c(-c3ccnn3C)nc(C)nc2C(C)N1. The Morgan fingerprint density at radius 1 is 1.41 bits per heavy atom. The van der Waals surface area contributed by atoms with Crippen LogP contribution in [0.3, 0.4) is 0 Å². The van der Waals surface area contributed by atoms with E-state index in [-0.39, 0.29) is 6.04 Å². The van der Waals surface area contributed by atoms with E-state index < -0.39 is 0 Å². The van der Waals surface area contributed by atoms with Crippen LogP contribution in [0.15, 0.2) is 12.3 Å². The summed E-state index contributed by atoms with van der Waals surface area (Å²) in [6, 6.07) is 2.77. The molecule has 0 spiro atoms. The van der Waals surface area contributed by atoms with E-state index >= 15 is 0 Å². The van der Waals surface area contributed by atoms with Crippen LogP contribution < -0.4 is 5.32 Å². The molecule has 0 saturated heterocycles. The van der Waals surface area contributed by atoms with Gasteiger partial charge in [0.05, 0.1) is 17.1 Å². The molecule has 0 aliphatic carbocycles. The summed E-state index contributed by atoms with van der Waals surface area (Å²) in [6.45, 7) is 8.73. The van der Waals surface area contributed by atoms with Crippen molar-refractivity contribution in [1.82, 2.24) is 25.1 Å². The van der Waals surface area contributed by atoms with Crippen LogP contribution in [0, 0.1) is 12.8 Å². The van der Waals surface area contributed by atoms with Gasteiger partial charge >= 0.3 is 0 Å². The minimum Gasteiger partial charge on any atom is -0.305 e. The van der Waals surface area contributed by atoms with E-state index in [0.717, 1.165) is 29.3 Å². The van der Waals surface area contributed by atoms with Crippen molar-refractivity contribution in [2.75, 3.05) is 0 Å². The number of nitrogens with zero attached hydrogens (tertiary/aromatic N) is 4. The highest BCUT2D eigenvalue weighted by atomic mass is 15.3. The Balaban J connectivity index is 2.12. The van der Waals surface area contributed by atoms with E-state index in [4.69, 9.17) is 9.97 Å². The second-order valence-electron chi connectivity index (χ2n) is 6.41. The molecule has 1 aliphatic rings. The Morgan fingerprint density at radius 3 is 2.82 bits per heavy atom. The number of nitrogens with one attached hydrogen (secondary N) is 1. The normalized spacial score (nSPS) is 22.4. The van der Waals surface area contributed by atoms with Gasteiger partial charge < -0.3 is 5.32 Å². The molecule has 0 amide bonds. The molecule has 1 N–H and O–H groups in total. The van der Waals surface area contributed by atoms with Crippen LogP contribution in [-0.2, 0) is 13.5 Å². The molecule has 3 heterocycles. The highest BCUT2D eigenvalue weighted by Crippen LogP contribution is 2.33. The molecule has 118 valence electrons. The lowest BCUT2D eigenvalue weighted by atomic mass is 9.86. The first-order valence-corrected chi connectivity index (χ1v) is 8.13. The van der Waals surface area contributed by atoms with Gasteiger partial charge in [0.2, 0.25) is 0 Å². The van der Waals surface area contributed by atoms with E-state index in [0.29, 0.717) is 12.0 Å². The number of hydrogen-bond donors (Lipinski definition) is 1. The van der Waals surface area contributed by atoms with Gasteiger partial charge in [-0.1, -0.05) is 20.3 Å². The van der Waals surface area contributed by atoms with Gasteiger partial charge in [0.25, 0.3) is 0 Å². The summed E-state index contributed by atoms with van der Waals surface area (Å²) in [4.78, 5) is 9.46. The third-order valence-electron chi connectivity index (χ3n) is 4.84. The lowest BCUT2D eigenvalue weighted by molar-refractivity contribution is 0.313. The predicted molar refractivity (Wildman–Crippen MR) is 87.5 cm³/mol. The molecule has 3 unspecified atom stereocenters. The lowest BCUT2D eigenvalue weighted by Crippen LogP contribution is -2.43. The molecule has 0 bridgehead atoms. The van der Waals surface area contributed by atoms with Crippen molar-refractivity contribution in [2.24, 2.45) is 13.0 Å². The molecule has 22 heavy (non-hydrogen) atoms. The van der Waals surface area contributed by atoms with Crippen molar-refractivity contribution in [3.8, 4) is 11.4 Å².